The molecule has 0 heterocycles. The first-order valence-corrected chi connectivity index (χ1v) is 21.0. The number of amides is 1. The van der Waals surface area contributed by atoms with Crippen molar-refractivity contribution < 1.29 is 20.1 Å². The predicted octanol–water partition coefficient (Wildman–Crippen LogP) is 11.8. The van der Waals surface area contributed by atoms with Crippen molar-refractivity contribution in [3.8, 4) is 0 Å². The van der Waals surface area contributed by atoms with Crippen LogP contribution in [0.15, 0.2) is 48.6 Å². The molecule has 0 aliphatic carbocycles. The van der Waals surface area contributed by atoms with Crippen molar-refractivity contribution in [3.05, 3.63) is 48.6 Å². The van der Waals surface area contributed by atoms with Gasteiger partial charge in [-0.05, 0) is 57.8 Å². The Bertz CT molecular complexity index is 805. The maximum atomic E-state index is 12.4. The largest absolute Gasteiger partial charge is 0.394 e. The summed E-state index contributed by atoms with van der Waals surface area (Å²) in [7, 11) is 0. The van der Waals surface area contributed by atoms with Crippen LogP contribution in [-0.4, -0.2) is 46.1 Å². The standard InChI is InChI=1S/C44H81NO4/c1-3-5-7-9-11-13-15-17-19-21-23-25-27-29-31-33-35-37-39-43(48)44(49)45-41(40-46)42(47)38-36-34-32-30-28-26-24-22-20-18-16-14-12-10-8-6-4-2/h11,13,15,17,28,30,36,38,41-43,46-48H,3-10,12,14,16,18-27,29,31-35,37,39-40H2,1-2H3,(H,45,49)/b13-11-,17-15-,30-28+,38-36+. The summed E-state index contributed by atoms with van der Waals surface area (Å²) in [5, 5.41) is 33.1. The fourth-order valence-electron chi connectivity index (χ4n) is 6.07. The second kappa shape index (κ2) is 39.1. The molecule has 0 aliphatic rings. The minimum Gasteiger partial charge on any atom is -0.394 e. The SMILES string of the molecule is CCCCC/C=C\C=C/CCCCCCCCCCCC(O)C(=O)NC(CO)C(O)/C=C/CC/C=C/CCCCCCCCCCCCC. The molecule has 0 saturated carbocycles. The predicted molar refractivity (Wildman–Crippen MR) is 213 cm³/mol. The number of nitrogens with one attached hydrogen (secondary N) is 1. The Morgan fingerprint density at radius 1 is 0.510 bits per heavy atom. The van der Waals surface area contributed by atoms with Crippen LogP contribution in [0.2, 0.25) is 0 Å². The molecule has 0 aromatic heterocycles. The maximum Gasteiger partial charge on any atom is 0.249 e. The Morgan fingerprint density at radius 3 is 1.41 bits per heavy atom. The molecule has 3 atom stereocenters. The molecule has 1 amide bonds. The zero-order valence-corrected chi connectivity index (χ0v) is 32.3. The molecule has 0 rings (SSSR count). The van der Waals surface area contributed by atoms with Gasteiger partial charge in [-0.15, -0.1) is 0 Å². The lowest BCUT2D eigenvalue weighted by Gasteiger charge is -2.21. The number of allylic oxidation sites excluding steroid dienone is 7. The highest BCUT2D eigenvalue weighted by molar-refractivity contribution is 5.80. The molecule has 5 nitrogen and oxygen atoms in total. The smallest absolute Gasteiger partial charge is 0.249 e. The second-order valence-electron chi connectivity index (χ2n) is 14.2. The van der Waals surface area contributed by atoms with Crippen LogP contribution in [0, 0.1) is 0 Å². The lowest BCUT2D eigenvalue weighted by Crippen LogP contribution is -2.48. The van der Waals surface area contributed by atoms with E-state index >= 15 is 0 Å². The number of carbonyl (C=O) groups excluding carboxylic acids is 1. The van der Waals surface area contributed by atoms with Gasteiger partial charge in [0, 0.05) is 0 Å². The third kappa shape index (κ3) is 34.5. The van der Waals surface area contributed by atoms with Crippen LogP contribution < -0.4 is 5.32 Å². The van der Waals surface area contributed by atoms with Crippen LogP contribution in [0.3, 0.4) is 0 Å². The van der Waals surface area contributed by atoms with Gasteiger partial charge in [0.25, 0.3) is 0 Å². The summed E-state index contributed by atoms with van der Waals surface area (Å²) >= 11 is 0. The quantitative estimate of drug-likeness (QED) is 0.0297. The van der Waals surface area contributed by atoms with Crippen LogP contribution in [0.4, 0.5) is 0 Å². The average molecular weight is 688 g/mol. The molecular weight excluding hydrogens is 606 g/mol. The van der Waals surface area contributed by atoms with Gasteiger partial charge in [-0.25, -0.2) is 0 Å². The Kier molecular flexibility index (Phi) is 37.8. The van der Waals surface area contributed by atoms with E-state index in [0.29, 0.717) is 6.42 Å². The first-order chi connectivity index (χ1) is 24.1. The summed E-state index contributed by atoms with van der Waals surface area (Å²) < 4.78 is 0. The van der Waals surface area contributed by atoms with Gasteiger partial charge in [-0.3, -0.25) is 4.79 Å². The van der Waals surface area contributed by atoms with Gasteiger partial charge < -0.3 is 20.6 Å². The van der Waals surface area contributed by atoms with Crippen LogP contribution in [0.25, 0.3) is 0 Å². The molecule has 0 radical (unpaired) electrons. The van der Waals surface area contributed by atoms with Gasteiger partial charge in [-0.1, -0.05) is 191 Å². The van der Waals surface area contributed by atoms with E-state index in [4.69, 9.17) is 0 Å². The number of hydrogen-bond donors (Lipinski definition) is 4. The zero-order valence-electron chi connectivity index (χ0n) is 32.3. The third-order valence-corrected chi connectivity index (χ3v) is 9.42. The number of aliphatic hydroxyl groups is 3. The molecule has 4 N–H and O–H groups in total. The first kappa shape index (κ1) is 47.3. The summed E-state index contributed by atoms with van der Waals surface area (Å²) in [5.74, 6) is -0.519. The van der Waals surface area contributed by atoms with E-state index in [-0.39, 0.29) is 6.61 Å². The summed E-state index contributed by atoms with van der Waals surface area (Å²) in [5.41, 5.74) is 0. The Labute approximate surface area is 304 Å². The molecule has 5 heteroatoms. The van der Waals surface area contributed by atoms with Crippen molar-refractivity contribution in [1.82, 2.24) is 5.32 Å². The van der Waals surface area contributed by atoms with E-state index in [9.17, 15) is 20.1 Å². The summed E-state index contributed by atoms with van der Waals surface area (Å²) in [4.78, 5) is 12.4. The molecular formula is C44H81NO4. The molecule has 0 aromatic rings. The Balaban J connectivity index is 3.76. The fourth-order valence-corrected chi connectivity index (χ4v) is 6.07. The maximum absolute atomic E-state index is 12.4. The Hall–Kier alpha value is -1.69. The number of rotatable bonds is 37. The van der Waals surface area contributed by atoms with E-state index in [1.165, 1.54) is 141 Å². The monoisotopic (exact) mass is 688 g/mol. The first-order valence-electron chi connectivity index (χ1n) is 21.0. The lowest BCUT2D eigenvalue weighted by molar-refractivity contribution is -0.131. The number of hydrogen-bond acceptors (Lipinski definition) is 4. The van der Waals surface area contributed by atoms with Gasteiger partial charge in [0.1, 0.15) is 6.10 Å². The van der Waals surface area contributed by atoms with Gasteiger partial charge >= 0.3 is 0 Å². The van der Waals surface area contributed by atoms with Gasteiger partial charge in [-0.2, -0.15) is 0 Å². The van der Waals surface area contributed by atoms with Crippen molar-refractivity contribution in [2.45, 2.75) is 218 Å². The molecule has 286 valence electrons. The molecule has 0 fully saturated rings. The average Bonchev–Trinajstić information content (AvgIpc) is 3.11. The van der Waals surface area contributed by atoms with Gasteiger partial charge in [0.15, 0.2) is 0 Å². The number of unbranched alkanes of at least 4 members (excludes halogenated alkanes) is 24. The third-order valence-electron chi connectivity index (χ3n) is 9.42. The summed E-state index contributed by atoms with van der Waals surface area (Å²) in [6.07, 6.45) is 49.9. The van der Waals surface area contributed by atoms with Crippen molar-refractivity contribution in [2.75, 3.05) is 6.61 Å². The molecule has 0 aromatic carbocycles. The highest BCUT2D eigenvalue weighted by Gasteiger charge is 2.22. The molecule has 0 aliphatic heterocycles. The van der Waals surface area contributed by atoms with Crippen LogP contribution in [0.1, 0.15) is 200 Å². The summed E-state index contributed by atoms with van der Waals surface area (Å²) in [6.45, 7) is 4.13. The van der Waals surface area contributed by atoms with Crippen molar-refractivity contribution in [1.29, 1.82) is 0 Å². The van der Waals surface area contributed by atoms with E-state index in [0.717, 1.165) is 38.5 Å². The van der Waals surface area contributed by atoms with Crippen molar-refractivity contribution >= 4 is 5.91 Å². The molecule has 0 saturated heterocycles. The highest BCUT2D eigenvalue weighted by Crippen LogP contribution is 2.14. The van der Waals surface area contributed by atoms with Gasteiger partial charge in [0.2, 0.25) is 5.91 Å². The van der Waals surface area contributed by atoms with Crippen LogP contribution in [-0.2, 0) is 4.79 Å². The van der Waals surface area contributed by atoms with Crippen LogP contribution in [0.5, 0.6) is 0 Å². The molecule has 3 unspecified atom stereocenters. The molecule has 49 heavy (non-hydrogen) atoms. The number of carbonyl (C=O) groups is 1. The fraction of sp³-hybridized carbons (Fsp3) is 0.795. The lowest BCUT2D eigenvalue weighted by atomic mass is 10.0. The van der Waals surface area contributed by atoms with E-state index < -0.39 is 24.2 Å². The van der Waals surface area contributed by atoms with Crippen LogP contribution >= 0.6 is 0 Å². The number of aliphatic hydroxyl groups excluding tert-OH is 3. The van der Waals surface area contributed by atoms with Gasteiger partial charge in [0.05, 0.1) is 18.8 Å². The topological polar surface area (TPSA) is 89.8 Å². The van der Waals surface area contributed by atoms with E-state index in [2.05, 4.69) is 55.6 Å². The zero-order chi connectivity index (χ0) is 35.9. The van der Waals surface area contributed by atoms with E-state index in [1.54, 1.807) is 6.08 Å². The van der Waals surface area contributed by atoms with Crippen molar-refractivity contribution in [3.63, 3.8) is 0 Å². The molecule has 0 bridgehead atoms. The molecule has 0 spiro atoms. The minimum absolute atomic E-state index is 0.379. The highest BCUT2D eigenvalue weighted by atomic mass is 16.3. The second-order valence-corrected chi connectivity index (χ2v) is 14.2. The normalized spacial score (nSPS) is 14.1. The minimum atomic E-state index is -1.11. The Morgan fingerprint density at radius 2 is 0.898 bits per heavy atom. The summed E-state index contributed by atoms with van der Waals surface area (Å²) in [6, 6.07) is -0.817. The van der Waals surface area contributed by atoms with E-state index in [1.807, 2.05) is 6.08 Å². The van der Waals surface area contributed by atoms with Crippen molar-refractivity contribution in [2.24, 2.45) is 0 Å².